The third-order valence-electron chi connectivity index (χ3n) is 4.01. The average Bonchev–Trinajstić information content (AvgIpc) is 2.78. The molecule has 0 bridgehead atoms. The zero-order valence-electron chi connectivity index (χ0n) is 10.2. The van der Waals surface area contributed by atoms with Crippen LogP contribution in [0.3, 0.4) is 0 Å². The summed E-state index contributed by atoms with van der Waals surface area (Å²) in [4.78, 5) is 2.40. The first kappa shape index (κ1) is 11.9. The molecular weight excluding hydrogens is 200 g/mol. The lowest BCUT2D eigenvalue weighted by molar-refractivity contribution is 0.0348. The average molecular weight is 222 g/mol. The summed E-state index contributed by atoms with van der Waals surface area (Å²) in [7, 11) is 2.18. The molecule has 0 N–H and O–H groups in total. The maximum atomic E-state index is 9.09. The van der Waals surface area contributed by atoms with Gasteiger partial charge in [0.1, 0.15) is 0 Å². The van der Waals surface area contributed by atoms with Crippen LogP contribution in [0, 0.1) is 23.2 Å². The minimum atomic E-state index is 0.259. The van der Waals surface area contributed by atoms with E-state index in [1.165, 1.54) is 25.7 Å². The van der Waals surface area contributed by atoms with E-state index in [2.05, 4.69) is 18.0 Å². The predicted octanol–water partition coefficient (Wildman–Crippen LogP) is 2.04. The highest BCUT2D eigenvalue weighted by Gasteiger charge is 2.31. The topological polar surface area (TPSA) is 36.3 Å². The molecular formula is C13H22N2O. The van der Waals surface area contributed by atoms with Crippen molar-refractivity contribution in [1.29, 1.82) is 5.26 Å². The molecule has 1 saturated heterocycles. The fraction of sp³-hybridized carbons (Fsp3) is 0.923. The lowest BCUT2D eigenvalue weighted by atomic mass is 9.99. The van der Waals surface area contributed by atoms with Gasteiger partial charge < -0.3 is 9.64 Å². The largest absolute Gasteiger partial charge is 0.381 e. The maximum absolute atomic E-state index is 9.09. The van der Waals surface area contributed by atoms with Gasteiger partial charge in [-0.2, -0.15) is 5.26 Å². The van der Waals surface area contributed by atoms with Crippen molar-refractivity contribution in [3.63, 3.8) is 0 Å². The monoisotopic (exact) mass is 222 g/mol. The molecule has 2 fully saturated rings. The van der Waals surface area contributed by atoms with Gasteiger partial charge in [-0.15, -0.1) is 0 Å². The van der Waals surface area contributed by atoms with E-state index < -0.39 is 0 Å². The zero-order valence-corrected chi connectivity index (χ0v) is 10.2. The van der Waals surface area contributed by atoms with Crippen LogP contribution in [-0.4, -0.2) is 37.7 Å². The van der Waals surface area contributed by atoms with Gasteiger partial charge in [-0.3, -0.25) is 0 Å². The van der Waals surface area contributed by atoms with E-state index in [0.717, 1.165) is 26.2 Å². The van der Waals surface area contributed by atoms with Crippen molar-refractivity contribution in [1.82, 2.24) is 4.90 Å². The minimum absolute atomic E-state index is 0.259. The number of hydrogen-bond donors (Lipinski definition) is 0. The molecule has 0 aromatic carbocycles. The third kappa shape index (κ3) is 2.75. The first-order valence-corrected chi connectivity index (χ1v) is 6.49. The molecule has 0 spiro atoms. The Morgan fingerprint density at radius 1 is 1.31 bits per heavy atom. The summed E-state index contributed by atoms with van der Waals surface area (Å²) < 4.78 is 5.51. The van der Waals surface area contributed by atoms with E-state index >= 15 is 0 Å². The molecule has 0 radical (unpaired) electrons. The van der Waals surface area contributed by atoms with Gasteiger partial charge in [0, 0.05) is 19.2 Å². The summed E-state index contributed by atoms with van der Waals surface area (Å²) in [5, 5.41) is 9.09. The van der Waals surface area contributed by atoms with E-state index in [-0.39, 0.29) is 5.92 Å². The second-order valence-corrected chi connectivity index (χ2v) is 5.26. The molecule has 16 heavy (non-hydrogen) atoms. The van der Waals surface area contributed by atoms with Crippen LogP contribution in [0.2, 0.25) is 0 Å². The number of ether oxygens (including phenoxy) is 1. The molecule has 1 aliphatic heterocycles. The third-order valence-corrected chi connectivity index (χ3v) is 4.01. The summed E-state index contributed by atoms with van der Waals surface area (Å²) in [5.41, 5.74) is 0. The number of hydrogen-bond acceptors (Lipinski definition) is 3. The predicted molar refractivity (Wildman–Crippen MR) is 62.9 cm³/mol. The van der Waals surface area contributed by atoms with Gasteiger partial charge in [-0.1, -0.05) is 6.42 Å². The summed E-state index contributed by atoms with van der Waals surface area (Å²) in [6.07, 6.45) is 5.99. The van der Waals surface area contributed by atoms with Crippen molar-refractivity contribution in [3.8, 4) is 6.07 Å². The molecule has 90 valence electrons. The summed E-state index contributed by atoms with van der Waals surface area (Å²) in [5.74, 6) is 0.938. The number of nitrogens with zero attached hydrogens (tertiary/aromatic N) is 2. The molecule has 2 aliphatic rings. The molecule has 3 heteroatoms. The zero-order chi connectivity index (χ0) is 11.4. The van der Waals surface area contributed by atoms with Crippen molar-refractivity contribution < 1.29 is 4.74 Å². The lowest BCUT2D eigenvalue weighted by Crippen LogP contribution is -2.39. The van der Waals surface area contributed by atoms with Crippen molar-refractivity contribution in [2.75, 3.05) is 26.8 Å². The van der Waals surface area contributed by atoms with E-state index in [4.69, 9.17) is 10.00 Å². The molecule has 3 unspecified atom stereocenters. The SMILES string of the molecule is CN(CC1CCCOC1)C1CCCC1C#N. The summed E-state index contributed by atoms with van der Waals surface area (Å²) >= 11 is 0. The van der Waals surface area contributed by atoms with Crippen molar-refractivity contribution in [3.05, 3.63) is 0 Å². The van der Waals surface area contributed by atoms with Crippen LogP contribution in [0.4, 0.5) is 0 Å². The number of rotatable bonds is 3. The highest BCUT2D eigenvalue weighted by molar-refractivity contribution is 4.97. The van der Waals surface area contributed by atoms with Crippen LogP contribution in [0.15, 0.2) is 0 Å². The molecule has 1 saturated carbocycles. The molecule has 2 rings (SSSR count). The van der Waals surface area contributed by atoms with Gasteiger partial charge in [0.25, 0.3) is 0 Å². The van der Waals surface area contributed by atoms with Crippen LogP contribution in [0.25, 0.3) is 0 Å². The first-order valence-electron chi connectivity index (χ1n) is 6.49. The van der Waals surface area contributed by atoms with Gasteiger partial charge in [0.15, 0.2) is 0 Å². The quantitative estimate of drug-likeness (QED) is 0.733. The Kier molecular flexibility index (Phi) is 4.20. The number of nitriles is 1. The Hall–Kier alpha value is -0.590. The Morgan fingerprint density at radius 2 is 2.19 bits per heavy atom. The van der Waals surface area contributed by atoms with Crippen LogP contribution in [-0.2, 0) is 4.74 Å². The molecule has 3 nitrogen and oxygen atoms in total. The Labute approximate surface area is 98.4 Å². The second kappa shape index (κ2) is 5.65. The van der Waals surface area contributed by atoms with Crippen LogP contribution in [0.1, 0.15) is 32.1 Å². The maximum Gasteiger partial charge on any atom is 0.0672 e. The molecule has 0 aromatic rings. The van der Waals surface area contributed by atoms with Crippen LogP contribution < -0.4 is 0 Å². The molecule has 3 atom stereocenters. The molecule has 1 aliphatic carbocycles. The Morgan fingerprint density at radius 3 is 2.88 bits per heavy atom. The standard InChI is InChI=1S/C13H22N2O/c1-15(9-11-4-3-7-16-10-11)13-6-2-5-12(13)8-14/h11-13H,2-7,9-10H2,1H3. The van der Waals surface area contributed by atoms with Crippen molar-refractivity contribution in [2.45, 2.75) is 38.1 Å². The van der Waals surface area contributed by atoms with Gasteiger partial charge in [-0.05, 0) is 38.6 Å². The van der Waals surface area contributed by atoms with Crippen LogP contribution in [0.5, 0.6) is 0 Å². The fourth-order valence-electron chi connectivity index (χ4n) is 3.11. The highest BCUT2D eigenvalue weighted by atomic mass is 16.5. The van der Waals surface area contributed by atoms with Gasteiger partial charge in [-0.25, -0.2) is 0 Å². The smallest absolute Gasteiger partial charge is 0.0672 e. The fourth-order valence-corrected chi connectivity index (χ4v) is 3.11. The van der Waals surface area contributed by atoms with Gasteiger partial charge >= 0.3 is 0 Å². The van der Waals surface area contributed by atoms with E-state index in [0.29, 0.717) is 12.0 Å². The normalized spacial score (nSPS) is 35.2. The second-order valence-electron chi connectivity index (χ2n) is 5.26. The Balaban J connectivity index is 1.82. The summed E-state index contributed by atoms with van der Waals surface area (Å²) in [6.45, 7) is 2.95. The molecule has 1 heterocycles. The first-order chi connectivity index (χ1) is 7.81. The van der Waals surface area contributed by atoms with Crippen LogP contribution >= 0.6 is 0 Å². The highest BCUT2D eigenvalue weighted by Crippen LogP contribution is 2.29. The van der Waals surface area contributed by atoms with E-state index in [9.17, 15) is 0 Å². The lowest BCUT2D eigenvalue weighted by Gasteiger charge is -2.32. The van der Waals surface area contributed by atoms with Gasteiger partial charge in [0.2, 0.25) is 0 Å². The van der Waals surface area contributed by atoms with Gasteiger partial charge in [0.05, 0.1) is 18.6 Å². The minimum Gasteiger partial charge on any atom is -0.381 e. The van der Waals surface area contributed by atoms with E-state index in [1.54, 1.807) is 0 Å². The molecule has 0 aromatic heterocycles. The molecule has 0 amide bonds. The van der Waals surface area contributed by atoms with Crippen molar-refractivity contribution >= 4 is 0 Å². The Bertz CT molecular complexity index is 255. The van der Waals surface area contributed by atoms with Crippen molar-refractivity contribution in [2.24, 2.45) is 11.8 Å². The van der Waals surface area contributed by atoms with E-state index in [1.807, 2.05) is 0 Å². The summed E-state index contributed by atoms with van der Waals surface area (Å²) in [6, 6.07) is 2.95.